The summed E-state index contributed by atoms with van der Waals surface area (Å²) in [5.41, 5.74) is 1.07. The van der Waals surface area contributed by atoms with Crippen LogP contribution in [-0.4, -0.2) is 6.54 Å². The number of para-hydroxylation sites is 3. The molecule has 0 aromatic heterocycles. The molecule has 21 heavy (non-hydrogen) atoms. The first kappa shape index (κ1) is 15.4. The molecule has 1 N–H and O–H groups in total. The average molecular weight is 283 g/mol. The standard InChI is InChI=1S/C19H25NO/c1-2-3-4-5-11-16-20-18-14-9-10-15-19(18)21-17-12-7-6-8-13-17/h6-10,12-15,20H,2-5,11,16H2,1H3. The molecule has 0 radical (unpaired) electrons. The number of unbranched alkanes of at least 4 members (excludes halogenated alkanes) is 4. The number of nitrogens with one attached hydrogen (secondary N) is 1. The Balaban J connectivity index is 1.85. The first-order chi connectivity index (χ1) is 10.4. The topological polar surface area (TPSA) is 21.3 Å². The Labute approximate surface area is 128 Å². The maximum absolute atomic E-state index is 5.94. The van der Waals surface area contributed by atoms with Crippen LogP contribution in [0.25, 0.3) is 0 Å². The van der Waals surface area contributed by atoms with Crippen molar-refractivity contribution in [2.45, 2.75) is 39.0 Å². The molecule has 0 bridgehead atoms. The molecule has 2 heteroatoms. The van der Waals surface area contributed by atoms with Crippen molar-refractivity contribution in [2.24, 2.45) is 0 Å². The van der Waals surface area contributed by atoms with Gasteiger partial charge in [-0.1, -0.05) is 62.9 Å². The molecule has 2 aromatic carbocycles. The lowest BCUT2D eigenvalue weighted by atomic mass is 10.1. The molecule has 112 valence electrons. The zero-order valence-corrected chi connectivity index (χ0v) is 12.8. The van der Waals surface area contributed by atoms with Crippen LogP contribution in [0.2, 0.25) is 0 Å². The molecule has 2 rings (SSSR count). The van der Waals surface area contributed by atoms with Crippen molar-refractivity contribution in [2.75, 3.05) is 11.9 Å². The van der Waals surface area contributed by atoms with Crippen molar-refractivity contribution >= 4 is 5.69 Å². The lowest BCUT2D eigenvalue weighted by Gasteiger charge is -2.12. The van der Waals surface area contributed by atoms with Crippen molar-refractivity contribution in [3.8, 4) is 11.5 Å². The van der Waals surface area contributed by atoms with Crippen molar-refractivity contribution in [3.63, 3.8) is 0 Å². The van der Waals surface area contributed by atoms with Crippen LogP contribution in [-0.2, 0) is 0 Å². The van der Waals surface area contributed by atoms with E-state index in [1.165, 1.54) is 32.1 Å². The number of hydrogen-bond donors (Lipinski definition) is 1. The molecule has 0 aliphatic rings. The van der Waals surface area contributed by atoms with E-state index in [4.69, 9.17) is 4.74 Å². The van der Waals surface area contributed by atoms with Gasteiger partial charge in [0.25, 0.3) is 0 Å². The molecule has 0 aliphatic heterocycles. The van der Waals surface area contributed by atoms with Gasteiger partial charge in [-0.3, -0.25) is 0 Å². The molecule has 0 atom stereocenters. The van der Waals surface area contributed by atoms with Crippen LogP contribution in [0.4, 0.5) is 5.69 Å². The molecule has 2 aromatic rings. The van der Waals surface area contributed by atoms with E-state index in [0.29, 0.717) is 0 Å². The summed E-state index contributed by atoms with van der Waals surface area (Å²) < 4.78 is 5.94. The van der Waals surface area contributed by atoms with E-state index in [9.17, 15) is 0 Å². The van der Waals surface area contributed by atoms with Crippen molar-refractivity contribution < 1.29 is 4.74 Å². The van der Waals surface area contributed by atoms with Crippen LogP contribution in [0, 0.1) is 0 Å². The molecule has 0 amide bonds. The minimum absolute atomic E-state index is 0.870. The third kappa shape index (κ3) is 5.50. The van der Waals surface area contributed by atoms with Crippen LogP contribution in [0.3, 0.4) is 0 Å². The predicted octanol–water partition coefficient (Wildman–Crippen LogP) is 5.86. The summed E-state index contributed by atoms with van der Waals surface area (Å²) >= 11 is 0. The summed E-state index contributed by atoms with van der Waals surface area (Å²) in [6, 6.07) is 18.0. The minimum Gasteiger partial charge on any atom is -0.455 e. The highest BCUT2D eigenvalue weighted by Crippen LogP contribution is 2.29. The number of anilines is 1. The van der Waals surface area contributed by atoms with Gasteiger partial charge in [0.05, 0.1) is 5.69 Å². The highest BCUT2D eigenvalue weighted by Gasteiger charge is 2.03. The van der Waals surface area contributed by atoms with Crippen LogP contribution >= 0.6 is 0 Å². The van der Waals surface area contributed by atoms with Gasteiger partial charge in [0.2, 0.25) is 0 Å². The second-order valence-electron chi connectivity index (χ2n) is 5.25. The SMILES string of the molecule is CCCCCCCNc1ccccc1Oc1ccccc1. The van der Waals surface area contributed by atoms with Crippen LogP contribution in [0.1, 0.15) is 39.0 Å². The zero-order chi connectivity index (χ0) is 14.8. The minimum atomic E-state index is 0.870. The fraction of sp³-hybridized carbons (Fsp3) is 0.368. The highest BCUT2D eigenvalue weighted by atomic mass is 16.5. The Bertz CT molecular complexity index is 510. The van der Waals surface area contributed by atoms with Gasteiger partial charge in [0, 0.05) is 6.54 Å². The molecule has 0 unspecified atom stereocenters. The van der Waals surface area contributed by atoms with E-state index < -0.39 is 0 Å². The summed E-state index contributed by atoms with van der Waals surface area (Å²) in [7, 11) is 0. The Morgan fingerprint density at radius 1 is 0.810 bits per heavy atom. The molecule has 0 heterocycles. The van der Waals surface area contributed by atoms with E-state index in [0.717, 1.165) is 23.7 Å². The van der Waals surface area contributed by atoms with E-state index in [-0.39, 0.29) is 0 Å². The molecular formula is C19H25NO. The van der Waals surface area contributed by atoms with Crippen molar-refractivity contribution in [1.29, 1.82) is 0 Å². The normalized spacial score (nSPS) is 10.3. The number of benzene rings is 2. The summed E-state index contributed by atoms with van der Waals surface area (Å²) in [4.78, 5) is 0. The van der Waals surface area contributed by atoms with Gasteiger partial charge in [-0.2, -0.15) is 0 Å². The Kier molecular flexibility index (Phi) is 6.66. The van der Waals surface area contributed by atoms with Crippen LogP contribution in [0.15, 0.2) is 54.6 Å². The first-order valence-electron chi connectivity index (χ1n) is 7.96. The molecule has 0 aliphatic carbocycles. The van der Waals surface area contributed by atoms with Gasteiger partial charge in [-0.15, -0.1) is 0 Å². The molecule has 2 nitrogen and oxygen atoms in total. The smallest absolute Gasteiger partial charge is 0.150 e. The van der Waals surface area contributed by atoms with Gasteiger partial charge >= 0.3 is 0 Å². The lowest BCUT2D eigenvalue weighted by Crippen LogP contribution is -2.02. The summed E-state index contributed by atoms with van der Waals surface area (Å²) in [6.07, 6.45) is 6.47. The molecule has 0 spiro atoms. The fourth-order valence-corrected chi connectivity index (χ4v) is 2.27. The Morgan fingerprint density at radius 3 is 2.33 bits per heavy atom. The maximum atomic E-state index is 5.94. The third-order valence-electron chi connectivity index (χ3n) is 3.45. The van der Waals surface area contributed by atoms with E-state index >= 15 is 0 Å². The van der Waals surface area contributed by atoms with Gasteiger partial charge in [-0.05, 0) is 30.7 Å². The summed E-state index contributed by atoms with van der Waals surface area (Å²) in [5.74, 6) is 1.76. The maximum Gasteiger partial charge on any atom is 0.150 e. The predicted molar refractivity (Wildman–Crippen MR) is 90.2 cm³/mol. The third-order valence-corrected chi connectivity index (χ3v) is 3.45. The van der Waals surface area contributed by atoms with E-state index in [1.54, 1.807) is 0 Å². The van der Waals surface area contributed by atoms with Crippen molar-refractivity contribution in [3.05, 3.63) is 54.6 Å². The largest absolute Gasteiger partial charge is 0.455 e. The second-order valence-corrected chi connectivity index (χ2v) is 5.25. The van der Waals surface area contributed by atoms with E-state index in [2.05, 4.69) is 18.3 Å². The molecule has 0 saturated carbocycles. The quantitative estimate of drug-likeness (QED) is 0.582. The first-order valence-corrected chi connectivity index (χ1v) is 7.96. The highest BCUT2D eigenvalue weighted by molar-refractivity contribution is 5.57. The number of rotatable bonds is 9. The monoisotopic (exact) mass is 283 g/mol. The molecule has 0 saturated heterocycles. The second kappa shape index (κ2) is 9.06. The molecular weight excluding hydrogens is 258 g/mol. The van der Waals surface area contributed by atoms with Gasteiger partial charge < -0.3 is 10.1 Å². The fourth-order valence-electron chi connectivity index (χ4n) is 2.27. The van der Waals surface area contributed by atoms with E-state index in [1.807, 2.05) is 48.5 Å². The Hall–Kier alpha value is -1.96. The average Bonchev–Trinajstić information content (AvgIpc) is 2.53. The number of ether oxygens (including phenoxy) is 1. The van der Waals surface area contributed by atoms with Crippen molar-refractivity contribution in [1.82, 2.24) is 0 Å². The van der Waals surface area contributed by atoms with Crippen LogP contribution < -0.4 is 10.1 Å². The summed E-state index contributed by atoms with van der Waals surface area (Å²) in [6.45, 7) is 3.24. The van der Waals surface area contributed by atoms with Gasteiger partial charge in [0.15, 0.2) is 5.75 Å². The van der Waals surface area contributed by atoms with Gasteiger partial charge in [-0.25, -0.2) is 0 Å². The van der Waals surface area contributed by atoms with Gasteiger partial charge in [0.1, 0.15) is 5.75 Å². The van der Waals surface area contributed by atoms with Crippen LogP contribution in [0.5, 0.6) is 11.5 Å². The molecule has 0 fully saturated rings. The lowest BCUT2D eigenvalue weighted by molar-refractivity contribution is 0.484. The summed E-state index contributed by atoms with van der Waals surface area (Å²) in [5, 5.41) is 3.49. The Morgan fingerprint density at radius 2 is 1.52 bits per heavy atom. The zero-order valence-electron chi connectivity index (χ0n) is 12.8. The number of hydrogen-bond acceptors (Lipinski definition) is 2.